The van der Waals surface area contributed by atoms with Crippen LogP contribution in [-0.2, 0) is 0 Å². The molecule has 0 unspecified atom stereocenters. The first-order valence-electron chi connectivity index (χ1n) is 5.13. The third-order valence-electron chi connectivity index (χ3n) is 2.30. The molecule has 0 saturated heterocycles. The summed E-state index contributed by atoms with van der Waals surface area (Å²) in [6.45, 7) is 0. The fraction of sp³-hybridized carbons (Fsp3) is 0. The number of benzene rings is 1. The molecular formula is C11H5BrClFN4O. The highest BCUT2D eigenvalue weighted by molar-refractivity contribution is 9.10. The van der Waals surface area contributed by atoms with Crippen LogP contribution in [0.15, 0.2) is 35.1 Å². The van der Waals surface area contributed by atoms with E-state index in [-0.39, 0.29) is 22.6 Å². The van der Waals surface area contributed by atoms with Crippen LogP contribution >= 0.6 is 27.5 Å². The van der Waals surface area contributed by atoms with E-state index in [1.807, 2.05) is 0 Å². The van der Waals surface area contributed by atoms with Crippen LogP contribution in [0.1, 0.15) is 0 Å². The fourth-order valence-corrected chi connectivity index (χ4v) is 2.01. The van der Waals surface area contributed by atoms with E-state index in [0.717, 1.165) is 0 Å². The maximum atomic E-state index is 13.6. The molecule has 0 aliphatic carbocycles. The topological polar surface area (TPSA) is 52.3 Å². The Morgan fingerprint density at radius 3 is 3.00 bits per heavy atom. The molecule has 3 aromatic rings. The van der Waals surface area contributed by atoms with Gasteiger partial charge in [0.1, 0.15) is 11.5 Å². The van der Waals surface area contributed by atoms with Crippen molar-refractivity contribution in [2.75, 3.05) is 0 Å². The summed E-state index contributed by atoms with van der Waals surface area (Å²) in [5, 5.41) is 4.12. The summed E-state index contributed by atoms with van der Waals surface area (Å²) in [7, 11) is 0. The molecule has 19 heavy (non-hydrogen) atoms. The van der Waals surface area contributed by atoms with Crippen molar-refractivity contribution in [3.63, 3.8) is 0 Å². The van der Waals surface area contributed by atoms with Crippen LogP contribution in [0.4, 0.5) is 4.39 Å². The molecular weight excluding hydrogens is 339 g/mol. The zero-order valence-corrected chi connectivity index (χ0v) is 11.6. The van der Waals surface area contributed by atoms with Gasteiger partial charge < -0.3 is 4.74 Å². The summed E-state index contributed by atoms with van der Waals surface area (Å²) in [5.41, 5.74) is 0. The Morgan fingerprint density at radius 1 is 1.32 bits per heavy atom. The van der Waals surface area contributed by atoms with E-state index in [2.05, 4.69) is 31.0 Å². The number of hydrogen-bond acceptors (Lipinski definition) is 4. The molecule has 5 nitrogen and oxygen atoms in total. The molecule has 1 aromatic carbocycles. The van der Waals surface area contributed by atoms with E-state index in [9.17, 15) is 4.39 Å². The van der Waals surface area contributed by atoms with Gasteiger partial charge in [0.15, 0.2) is 11.6 Å². The molecule has 0 N–H and O–H groups in total. The summed E-state index contributed by atoms with van der Waals surface area (Å²) in [6.07, 6.45) is 1.31. The first-order chi connectivity index (χ1) is 9.13. The van der Waals surface area contributed by atoms with Gasteiger partial charge in [-0.25, -0.2) is 4.39 Å². The highest BCUT2D eigenvalue weighted by Crippen LogP contribution is 2.28. The van der Waals surface area contributed by atoms with Crippen molar-refractivity contribution in [1.29, 1.82) is 0 Å². The third-order valence-corrected chi connectivity index (χ3v) is 2.98. The minimum atomic E-state index is -0.496. The molecule has 0 aliphatic heterocycles. The summed E-state index contributed by atoms with van der Waals surface area (Å²) in [6, 6.07) is 5.81. The predicted molar refractivity (Wildman–Crippen MR) is 70.0 cm³/mol. The Bertz CT molecular complexity index is 764. The van der Waals surface area contributed by atoms with Gasteiger partial charge in [-0.05, 0) is 18.2 Å². The Kier molecular flexibility index (Phi) is 3.08. The molecule has 0 spiro atoms. The first-order valence-corrected chi connectivity index (χ1v) is 6.30. The van der Waals surface area contributed by atoms with Crippen LogP contribution in [-0.4, -0.2) is 19.6 Å². The van der Waals surface area contributed by atoms with Crippen LogP contribution in [0.25, 0.3) is 5.78 Å². The normalized spacial score (nSPS) is 10.9. The van der Waals surface area contributed by atoms with E-state index in [4.69, 9.17) is 16.3 Å². The average Bonchev–Trinajstić information content (AvgIpc) is 2.82. The second kappa shape index (κ2) is 4.75. The number of halogens is 3. The zero-order valence-electron chi connectivity index (χ0n) is 9.22. The lowest BCUT2D eigenvalue weighted by molar-refractivity contribution is 0.414. The van der Waals surface area contributed by atoms with Gasteiger partial charge in [-0.2, -0.15) is 19.6 Å². The quantitative estimate of drug-likeness (QED) is 0.669. The van der Waals surface area contributed by atoms with Crippen molar-refractivity contribution in [2.45, 2.75) is 0 Å². The summed E-state index contributed by atoms with van der Waals surface area (Å²) in [4.78, 5) is 7.84. The molecule has 2 aromatic heterocycles. The molecule has 0 radical (unpaired) electrons. The largest absolute Gasteiger partial charge is 0.436 e. The van der Waals surface area contributed by atoms with Crippen molar-refractivity contribution in [3.8, 4) is 11.6 Å². The van der Waals surface area contributed by atoms with Crippen molar-refractivity contribution in [3.05, 3.63) is 46.0 Å². The Morgan fingerprint density at radius 2 is 2.16 bits per heavy atom. The van der Waals surface area contributed by atoms with Crippen molar-refractivity contribution in [1.82, 2.24) is 19.6 Å². The SMILES string of the molecule is Fc1ccc(Br)cc1Oc1cc(Cl)nc2ncnn12. The zero-order chi connectivity index (χ0) is 13.4. The van der Waals surface area contributed by atoms with Crippen molar-refractivity contribution >= 4 is 33.3 Å². The van der Waals surface area contributed by atoms with Crippen LogP contribution < -0.4 is 4.74 Å². The number of aromatic nitrogens is 4. The van der Waals surface area contributed by atoms with Crippen LogP contribution in [0.5, 0.6) is 11.6 Å². The highest BCUT2D eigenvalue weighted by atomic mass is 79.9. The minimum Gasteiger partial charge on any atom is -0.436 e. The van der Waals surface area contributed by atoms with Gasteiger partial charge >= 0.3 is 0 Å². The molecule has 0 atom stereocenters. The molecule has 8 heteroatoms. The van der Waals surface area contributed by atoms with Gasteiger partial charge in [0.2, 0.25) is 5.88 Å². The van der Waals surface area contributed by atoms with E-state index < -0.39 is 5.82 Å². The van der Waals surface area contributed by atoms with Crippen molar-refractivity contribution < 1.29 is 9.13 Å². The van der Waals surface area contributed by atoms with Gasteiger partial charge in [0.05, 0.1) is 0 Å². The summed E-state index contributed by atoms with van der Waals surface area (Å²) < 4.78 is 21.1. The molecule has 0 bridgehead atoms. The first kappa shape index (κ1) is 12.3. The van der Waals surface area contributed by atoms with Crippen LogP contribution in [0.3, 0.4) is 0 Å². The molecule has 0 saturated carbocycles. The number of nitrogens with zero attached hydrogens (tertiary/aromatic N) is 4. The van der Waals surface area contributed by atoms with Gasteiger partial charge in [-0.1, -0.05) is 27.5 Å². The second-order valence-corrected chi connectivity index (χ2v) is 4.87. The monoisotopic (exact) mass is 342 g/mol. The van der Waals surface area contributed by atoms with E-state index in [1.54, 1.807) is 6.07 Å². The third kappa shape index (κ3) is 2.39. The molecule has 3 rings (SSSR count). The number of ether oxygens (including phenoxy) is 1. The molecule has 0 amide bonds. The lowest BCUT2D eigenvalue weighted by Crippen LogP contribution is -1.99. The van der Waals surface area contributed by atoms with Gasteiger partial charge in [-0.15, -0.1) is 0 Å². The molecule has 0 fully saturated rings. The Balaban J connectivity index is 2.10. The van der Waals surface area contributed by atoms with E-state index in [0.29, 0.717) is 4.47 Å². The van der Waals surface area contributed by atoms with Gasteiger partial charge in [-0.3, -0.25) is 0 Å². The van der Waals surface area contributed by atoms with Crippen molar-refractivity contribution in [2.24, 2.45) is 0 Å². The summed E-state index contributed by atoms with van der Waals surface area (Å²) in [5.74, 6) is 0.0558. The van der Waals surface area contributed by atoms with Crippen LogP contribution in [0, 0.1) is 5.82 Å². The highest BCUT2D eigenvalue weighted by Gasteiger charge is 2.11. The predicted octanol–water partition coefficient (Wildman–Crippen LogP) is 3.47. The lowest BCUT2D eigenvalue weighted by Gasteiger charge is -2.08. The van der Waals surface area contributed by atoms with Gasteiger partial charge in [0.25, 0.3) is 5.78 Å². The Hall–Kier alpha value is -1.73. The second-order valence-electron chi connectivity index (χ2n) is 3.57. The number of rotatable bonds is 2. The lowest BCUT2D eigenvalue weighted by atomic mass is 10.3. The molecule has 2 heterocycles. The minimum absolute atomic E-state index is 0.0495. The van der Waals surface area contributed by atoms with E-state index in [1.165, 1.54) is 29.0 Å². The number of fused-ring (bicyclic) bond motifs is 1. The number of hydrogen-bond donors (Lipinski definition) is 0. The fourth-order valence-electron chi connectivity index (χ4n) is 1.50. The Labute approximate surface area is 120 Å². The smallest absolute Gasteiger partial charge is 0.256 e. The molecule has 96 valence electrons. The standard InChI is InChI=1S/C11H5BrClFN4O/c12-6-1-2-7(14)8(3-6)19-10-4-9(13)17-11-15-5-16-18(10)11/h1-5H. The summed E-state index contributed by atoms with van der Waals surface area (Å²) >= 11 is 9.09. The van der Waals surface area contributed by atoms with Crippen LogP contribution in [0.2, 0.25) is 5.15 Å². The molecule has 0 aliphatic rings. The average molecular weight is 344 g/mol. The maximum Gasteiger partial charge on any atom is 0.256 e. The van der Waals surface area contributed by atoms with Gasteiger partial charge in [0, 0.05) is 10.5 Å². The van der Waals surface area contributed by atoms with E-state index >= 15 is 0 Å². The maximum absolute atomic E-state index is 13.6.